The van der Waals surface area contributed by atoms with Crippen molar-refractivity contribution in [3.8, 4) is 5.75 Å². The molecule has 0 aromatic carbocycles. The van der Waals surface area contributed by atoms with E-state index in [0.717, 1.165) is 37.5 Å². The second kappa shape index (κ2) is 5.16. The molecule has 1 aromatic heterocycles. The summed E-state index contributed by atoms with van der Waals surface area (Å²) in [4.78, 5) is 6.31. The number of aromatic nitrogens is 1. The Morgan fingerprint density at radius 3 is 2.62 bits per heavy atom. The molecular weight excluding hydrogens is 202 g/mol. The van der Waals surface area contributed by atoms with Gasteiger partial charge in [0, 0.05) is 14.1 Å². The third-order valence-corrected chi connectivity index (χ3v) is 2.77. The second-order valence-electron chi connectivity index (χ2n) is 4.31. The van der Waals surface area contributed by atoms with Crippen LogP contribution in [0.25, 0.3) is 0 Å². The maximum absolute atomic E-state index is 5.87. The first-order valence-corrected chi connectivity index (χ1v) is 5.76. The molecule has 1 aliphatic rings. The quantitative estimate of drug-likeness (QED) is 0.834. The first kappa shape index (κ1) is 11.2. The Morgan fingerprint density at radius 1 is 1.31 bits per heavy atom. The molecule has 0 amide bonds. The molecule has 16 heavy (non-hydrogen) atoms. The number of piperidine rings is 1. The minimum absolute atomic E-state index is 0.341. The summed E-state index contributed by atoms with van der Waals surface area (Å²) >= 11 is 0. The van der Waals surface area contributed by atoms with E-state index in [-0.39, 0.29) is 0 Å². The highest BCUT2D eigenvalue weighted by Crippen LogP contribution is 2.17. The summed E-state index contributed by atoms with van der Waals surface area (Å²) in [5.74, 6) is 1.83. The van der Waals surface area contributed by atoms with Crippen LogP contribution in [0.2, 0.25) is 0 Å². The summed E-state index contributed by atoms with van der Waals surface area (Å²) < 4.78 is 5.87. The molecular formula is C12H19N3O. The van der Waals surface area contributed by atoms with Gasteiger partial charge in [-0.1, -0.05) is 0 Å². The standard InChI is InChI=1S/C12H19N3O/c1-15(2)12-4-3-11(9-14-12)16-10-5-7-13-8-6-10/h3-4,9-10,13H,5-8H2,1-2H3. The van der Waals surface area contributed by atoms with E-state index in [9.17, 15) is 0 Å². The van der Waals surface area contributed by atoms with Crippen LogP contribution in [-0.2, 0) is 0 Å². The van der Waals surface area contributed by atoms with Crippen LogP contribution in [0.3, 0.4) is 0 Å². The van der Waals surface area contributed by atoms with E-state index >= 15 is 0 Å². The lowest BCUT2D eigenvalue weighted by Crippen LogP contribution is -2.34. The maximum atomic E-state index is 5.87. The van der Waals surface area contributed by atoms with Crippen LogP contribution < -0.4 is 15.0 Å². The fraction of sp³-hybridized carbons (Fsp3) is 0.583. The normalized spacial score (nSPS) is 17.1. The van der Waals surface area contributed by atoms with Crippen molar-refractivity contribution >= 4 is 5.82 Å². The number of nitrogens with one attached hydrogen (secondary N) is 1. The van der Waals surface area contributed by atoms with E-state index in [1.165, 1.54) is 0 Å². The first-order valence-electron chi connectivity index (χ1n) is 5.76. The summed E-state index contributed by atoms with van der Waals surface area (Å²) in [5, 5.41) is 3.32. The van der Waals surface area contributed by atoms with Crippen molar-refractivity contribution < 1.29 is 4.74 Å². The number of hydrogen-bond donors (Lipinski definition) is 1. The minimum atomic E-state index is 0.341. The molecule has 1 N–H and O–H groups in total. The first-order chi connectivity index (χ1) is 7.75. The molecule has 0 radical (unpaired) electrons. The van der Waals surface area contributed by atoms with Crippen molar-refractivity contribution in [2.24, 2.45) is 0 Å². The van der Waals surface area contributed by atoms with Gasteiger partial charge in [-0.25, -0.2) is 4.98 Å². The van der Waals surface area contributed by atoms with E-state index in [1.807, 2.05) is 31.1 Å². The molecule has 0 atom stereocenters. The predicted octanol–water partition coefficient (Wildman–Crippen LogP) is 1.28. The Hall–Kier alpha value is -1.29. The molecule has 1 fully saturated rings. The van der Waals surface area contributed by atoms with Gasteiger partial charge >= 0.3 is 0 Å². The zero-order valence-corrected chi connectivity index (χ0v) is 9.94. The van der Waals surface area contributed by atoms with Crippen molar-refractivity contribution in [1.82, 2.24) is 10.3 Å². The Bertz CT molecular complexity index is 318. The molecule has 2 rings (SSSR count). The van der Waals surface area contributed by atoms with Crippen molar-refractivity contribution in [1.29, 1.82) is 0 Å². The average Bonchev–Trinajstić information content (AvgIpc) is 2.31. The van der Waals surface area contributed by atoms with Crippen LogP contribution in [0.5, 0.6) is 5.75 Å². The third-order valence-electron chi connectivity index (χ3n) is 2.77. The summed E-state index contributed by atoms with van der Waals surface area (Å²) in [7, 11) is 3.96. The Kier molecular flexibility index (Phi) is 3.62. The van der Waals surface area contributed by atoms with Crippen molar-refractivity contribution in [2.75, 3.05) is 32.1 Å². The number of hydrogen-bond acceptors (Lipinski definition) is 4. The Morgan fingerprint density at radius 2 is 2.06 bits per heavy atom. The number of ether oxygens (including phenoxy) is 1. The highest BCUT2D eigenvalue weighted by atomic mass is 16.5. The van der Waals surface area contributed by atoms with Gasteiger partial charge in [0.15, 0.2) is 0 Å². The van der Waals surface area contributed by atoms with Crippen LogP contribution in [0, 0.1) is 0 Å². The van der Waals surface area contributed by atoms with Crippen molar-refractivity contribution in [3.63, 3.8) is 0 Å². The fourth-order valence-corrected chi connectivity index (χ4v) is 1.81. The van der Waals surface area contributed by atoms with E-state index < -0.39 is 0 Å². The molecule has 1 aromatic rings. The van der Waals surface area contributed by atoms with Gasteiger partial charge in [-0.15, -0.1) is 0 Å². The van der Waals surface area contributed by atoms with Gasteiger partial charge < -0.3 is 15.0 Å². The van der Waals surface area contributed by atoms with Gasteiger partial charge in [0.1, 0.15) is 17.7 Å². The molecule has 0 saturated carbocycles. The lowest BCUT2D eigenvalue weighted by molar-refractivity contribution is 0.162. The average molecular weight is 221 g/mol. The zero-order chi connectivity index (χ0) is 11.4. The molecule has 4 heteroatoms. The molecule has 88 valence electrons. The molecule has 0 bridgehead atoms. The lowest BCUT2D eigenvalue weighted by Gasteiger charge is -2.23. The van der Waals surface area contributed by atoms with Gasteiger partial charge in [-0.3, -0.25) is 0 Å². The SMILES string of the molecule is CN(C)c1ccc(OC2CCNCC2)cn1. The maximum Gasteiger partial charge on any atom is 0.138 e. The van der Waals surface area contributed by atoms with Crippen LogP contribution in [-0.4, -0.2) is 38.3 Å². The zero-order valence-electron chi connectivity index (χ0n) is 9.94. The summed E-state index contributed by atoms with van der Waals surface area (Å²) in [5.41, 5.74) is 0. The molecule has 4 nitrogen and oxygen atoms in total. The monoisotopic (exact) mass is 221 g/mol. The van der Waals surface area contributed by atoms with Gasteiger partial charge in [-0.05, 0) is 38.1 Å². The van der Waals surface area contributed by atoms with Crippen molar-refractivity contribution in [2.45, 2.75) is 18.9 Å². The summed E-state index contributed by atoms with van der Waals surface area (Å²) in [6.07, 6.45) is 4.30. The highest BCUT2D eigenvalue weighted by molar-refractivity contribution is 5.38. The van der Waals surface area contributed by atoms with Gasteiger partial charge in [0.05, 0.1) is 6.20 Å². The topological polar surface area (TPSA) is 37.4 Å². The van der Waals surface area contributed by atoms with Crippen LogP contribution >= 0.6 is 0 Å². The smallest absolute Gasteiger partial charge is 0.138 e. The third kappa shape index (κ3) is 2.85. The summed E-state index contributed by atoms with van der Waals surface area (Å²) in [6, 6.07) is 3.97. The van der Waals surface area contributed by atoms with E-state index in [4.69, 9.17) is 4.74 Å². The van der Waals surface area contributed by atoms with Crippen LogP contribution in [0.15, 0.2) is 18.3 Å². The number of nitrogens with zero attached hydrogens (tertiary/aromatic N) is 2. The minimum Gasteiger partial charge on any atom is -0.489 e. The molecule has 0 unspecified atom stereocenters. The fourth-order valence-electron chi connectivity index (χ4n) is 1.81. The number of pyridine rings is 1. The van der Waals surface area contributed by atoms with E-state index in [0.29, 0.717) is 6.10 Å². The number of anilines is 1. The van der Waals surface area contributed by atoms with Crippen molar-refractivity contribution in [3.05, 3.63) is 18.3 Å². The molecule has 0 aliphatic carbocycles. The van der Waals surface area contributed by atoms with Gasteiger partial charge in [0.2, 0.25) is 0 Å². The Balaban J connectivity index is 1.93. The molecule has 0 spiro atoms. The molecule has 1 aliphatic heterocycles. The van der Waals surface area contributed by atoms with Gasteiger partial charge in [0.25, 0.3) is 0 Å². The van der Waals surface area contributed by atoms with Crippen LogP contribution in [0.4, 0.5) is 5.82 Å². The van der Waals surface area contributed by atoms with Gasteiger partial charge in [-0.2, -0.15) is 0 Å². The Labute approximate surface area is 96.6 Å². The van der Waals surface area contributed by atoms with E-state index in [1.54, 1.807) is 6.20 Å². The molecule has 1 saturated heterocycles. The largest absolute Gasteiger partial charge is 0.489 e. The second-order valence-corrected chi connectivity index (χ2v) is 4.31. The van der Waals surface area contributed by atoms with Crippen LogP contribution in [0.1, 0.15) is 12.8 Å². The predicted molar refractivity (Wildman–Crippen MR) is 65.1 cm³/mol. The van der Waals surface area contributed by atoms with E-state index in [2.05, 4.69) is 10.3 Å². The number of rotatable bonds is 3. The highest BCUT2D eigenvalue weighted by Gasteiger charge is 2.14. The summed E-state index contributed by atoms with van der Waals surface area (Å²) in [6.45, 7) is 2.10. The lowest BCUT2D eigenvalue weighted by atomic mass is 10.1. The molecule has 2 heterocycles.